The highest BCUT2D eigenvalue weighted by Crippen LogP contribution is 2.02. The van der Waals surface area contributed by atoms with E-state index in [4.69, 9.17) is 14.6 Å². The first-order valence-corrected chi connectivity index (χ1v) is 4.38. The largest absolute Gasteiger partial charge is 0.480 e. The lowest BCUT2D eigenvalue weighted by molar-refractivity contribution is -0.148. The molecule has 1 N–H and O–H groups in total. The maximum atomic E-state index is 10.6. The molecule has 2 atom stereocenters. The number of ether oxygens (including phenoxy) is 2. The first-order chi connectivity index (χ1) is 6.43. The third-order valence-corrected chi connectivity index (χ3v) is 1.68. The number of carboxylic acids is 1. The van der Waals surface area contributed by atoms with Crippen molar-refractivity contribution in [2.45, 2.75) is 33.0 Å². The van der Waals surface area contributed by atoms with E-state index in [1.807, 2.05) is 0 Å². The second kappa shape index (κ2) is 6.50. The maximum Gasteiger partial charge on any atom is 0.329 e. The van der Waals surface area contributed by atoms with Crippen LogP contribution < -0.4 is 0 Å². The minimum absolute atomic E-state index is 0.0297. The molecule has 82 valence electrons. The van der Waals surface area contributed by atoms with Crippen molar-refractivity contribution in [1.82, 2.24) is 0 Å². The lowest BCUT2D eigenvalue weighted by Crippen LogP contribution is -2.29. The Bertz CT molecular complexity index is 179. The zero-order valence-corrected chi connectivity index (χ0v) is 8.65. The number of carbonyl (C=O) groups excluding carboxylic acids is 1. The first-order valence-electron chi connectivity index (χ1n) is 4.38. The van der Waals surface area contributed by atoms with Crippen LogP contribution in [0.3, 0.4) is 0 Å². The molecule has 0 aliphatic carbocycles. The summed E-state index contributed by atoms with van der Waals surface area (Å²) in [5.41, 5.74) is 0. The predicted octanol–water partition coefficient (Wildman–Crippen LogP) is 0.470. The fourth-order valence-electron chi connectivity index (χ4n) is 0.723. The molecule has 0 spiro atoms. The zero-order chi connectivity index (χ0) is 11.1. The molecule has 0 saturated carbocycles. The number of aliphatic carboxylic acids is 1. The number of rotatable bonds is 7. The molecular formula is C9H16O5. The highest BCUT2D eigenvalue weighted by Gasteiger charge is 2.14. The molecule has 0 aromatic heterocycles. The van der Waals surface area contributed by atoms with Gasteiger partial charge in [0.25, 0.3) is 0 Å². The van der Waals surface area contributed by atoms with E-state index < -0.39 is 5.97 Å². The Kier molecular flexibility index (Phi) is 6.07. The number of carbonyl (C=O) groups is 2. The van der Waals surface area contributed by atoms with Crippen molar-refractivity contribution in [2.75, 3.05) is 13.2 Å². The second-order valence-corrected chi connectivity index (χ2v) is 3.13. The van der Waals surface area contributed by atoms with E-state index in [-0.39, 0.29) is 31.2 Å². The van der Waals surface area contributed by atoms with Gasteiger partial charge in [0, 0.05) is 0 Å². The number of ketones is 1. The van der Waals surface area contributed by atoms with E-state index in [0.717, 1.165) is 0 Å². The van der Waals surface area contributed by atoms with Gasteiger partial charge in [-0.1, -0.05) is 0 Å². The molecule has 0 radical (unpaired) electrons. The van der Waals surface area contributed by atoms with Crippen molar-refractivity contribution in [3.63, 3.8) is 0 Å². The van der Waals surface area contributed by atoms with Gasteiger partial charge in [0.15, 0.2) is 5.78 Å². The van der Waals surface area contributed by atoms with Crippen LogP contribution in [0, 0.1) is 0 Å². The molecule has 14 heavy (non-hydrogen) atoms. The Balaban J connectivity index is 3.69. The van der Waals surface area contributed by atoms with Gasteiger partial charge in [-0.15, -0.1) is 0 Å². The highest BCUT2D eigenvalue weighted by atomic mass is 16.5. The van der Waals surface area contributed by atoms with Crippen LogP contribution in [0.5, 0.6) is 0 Å². The van der Waals surface area contributed by atoms with Crippen LogP contribution >= 0.6 is 0 Å². The van der Waals surface area contributed by atoms with Gasteiger partial charge in [-0.2, -0.15) is 0 Å². The van der Waals surface area contributed by atoms with E-state index in [0.29, 0.717) is 0 Å². The standard InChI is InChI=1S/C9H16O5/c1-6(10)4-13-7(2)8(3)14-5-9(11)12/h7-8H,4-5H2,1-3H3,(H,11,12). The van der Waals surface area contributed by atoms with Crippen LogP contribution in [-0.4, -0.2) is 42.3 Å². The van der Waals surface area contributed by atoms with Gasteiger partial charge in [0.1, 0.15) is 13.2 Å². The molecule has 0 saturated heterocycles. The lowest BCUT2D eigenvalue weighted by atomic mass is 10.2. The van der Waals surface area contributed by atoms with Gasteiger partial charge in [0.05, 0.1) is 12.2 Å². The van der Waals surface area contributed by atoms with Crippen molar-refractivity contribution >= 4 is 11.8 Å². The quantitative estimate of drug-likeness (QED) is 0.652. The summed E-state index contributed by atoms with van der Waals surface area (Å²) in [6, 6.07) is 0. The Hall–Kier alpha value is -0.940. The van der Waals surface area contributed by atoms with Crippen LogP contribution in [0.1, 0.15) is 20.8 Å². The van der Waals surface area contributed by atoms with Crippen molar-refractivity contribution in [3.8, 4) is 0 Å². The zero-order valence-electron chi connectivity index (χ0n) is 8.65. The first kappa shape index (κ1) is 13.1. The molecule has 2 unspecified atom stereocenters. The number of carboxylic acid groups (broad SMARTS) is 1. The molecule has 0 rings (SSSR count). The fourth-order valence-corrected chi connectivity index (χ4v) is 0.723. The Morgan fingerprint density at radius 1 is 1.14 bits per heavy atom. The van der Waals surface area contributed by atoms with E-state index >= 15 is 0 Å². The summed E-state index contributed by atoms with van der Waals surface area (Å²) in [4.78, 5) is 20.7. The topological polar surface area (TPSA) is 72.8 Å². The minimum atomic E-state index is -1.02. The fraction of sp³-hybridized carbons (Fsp3) is 0.778. The van der Waals surface area contributed by atoms with Crippen LogP contribution in [0.2, 0.25) is 0 Å². The summed E-state index contributed by atoms with van der Waals surface area (Å²) >= 11 is 0. The molecule has 5 heteroatoms. The Morgan fingerprint density at radius 2 is 1.57 bits per heavy atom. The maximum absolute atomic E-state index is 10.6. The average Bonchev–Trinajstić information content (AvgIpc) is 2.09. The monoisotopic (exact) mass is 204 g/mol. The third kappa shape index (κ3) is 6.56. The normalized spacial score (nSPS) is 14.8. The van der Waals surface area contributed by atoms with E-state index in [1.165, 1.54) is 6.92 Å². The molecule has 0 aromatic carbocycles. The van der Waals surface area contributed by atoms with Gasteiger partial charge in [-0.05, 0) is 20.8 Å². The van der Waals surface area contributed by atoms with Crippen molar-refractivity contribution in [3.05, 3.63) is 0 Å². The number of Topliss-reactive ketones (excluding diaryl/α,β-unsaturated/α-hetero) is 1. The smallest absolute Gasteiger partial charge is 0.329 e. The molecule has 5 nitrogen and oxygen atoms in total. The second-order valence-electron chi connectivity index (χ2n) is 3.13. The van der Waals surface area contributed by atoms with Crippen molar-refractivity contribution in [1.29, 1.82) is 0 Å². The van der Waals surface area contributed by atoms with E-state index in [9.17, 15) is 9.59 Å². The molecule has 0 bridgehead atoms. The van der Waals surface area contributed by atoms with Crippen molar-refractivity contribution < 1.29 is 24.2 Å². The predicted molar refractivity (Wildman–Crippen MR) is 49.1 cm³/mol. The molecule has 0 aromatic rings. The summed E-state index contributed by atoms with van der Waals surface area (Å²) < 4.78 is 10.1. The summed E-state index contributed by atoms with van der Waals surface area (Å²) in [6.07, 6.45) is -0.635. The Morgan fingerprint density at radius 3 is 1.93 bits per heavy atom. The van der Waals surface area contributed by atoms with Crippen LogP contribution in [0.25, 0.3) is 0 Å². The van der Waals surface area contributed by atoms with Crippen LogP contribution in [0.15, 0.2) is 0 Å². The van der Waals surface area contributed by atoms with Crippen LogP contribution in [0.4, 0.5) is 0 Å². The van der Waals surface area contributed by atoms with Crippen LogP contribution in [-0.2, 0) is 19.1 Å². The summed E-state index contributed by atoms with van der Waals surface area (Å²) in [5.74, 6) is -1.09. The van der Waals surface area contributed by atoms with Gasteiger partial charge >= 0.3 is 5.97 Å². The summed E-state index contributed by atoms with van der Waals surface area (Å²) in [7, 11) is 0. The summed E-state index contributed by atoms with van der Waals surface area (Å²) in [6.45, 7) is 4.54. The average molecular weight is 204 g/mol. The summed E-state index contributed by atoms with van der Waals surface area (Å²) in [5, 5.41) is 8.34. The minimum Gasteiger partial charge on any atom is -0.480 e. The van der Waals surface area contributed by atoms with Gasteiger partial charge in [0.2, 0.25) is 0 Å². The molecule has 0 heterocycles. The van der Waals surface area contributed by atoms with Gasteiger partial charge in [-0.25, -0.2) is 4.79 Å². The molecule has 0 amide bonds. The molecule has 0 aliphatic heterocycles. The van der Waals surface area contributed by atoms with Crippen molar-refractivity contribution in [2.24, 2.45) is 0 Å². The third-order valence-electron chi connectivity index (χ3n) is 1.68. The molecule has 0 fully saturated rings. The molecular weight excluding hydrogens is 188 g/mol. The van der Waals surface area contributed by atoms with E-state index in [2.05, 4.69) is 0 Å². The number of hydrogen-bond acceptors (Lipinski definition) is 4. The number of hydrogen-bond donors (Lipinski definition) is 1. The van der Waals surface area contributed by atoms with Gasteiger partial charge < -0.3 is 14.6 Å². The lowest BCUT2D eigenvalue weighted by Gasteiger charge is -2.19. The SMILES string of the molecule is CC(=O)COC(C)C(C)OCC(=O)O. The van der Waals surface area contributed by atoms with E-state index in [1.54, 1.807) is 13.8 Å². The van der Waals surface area contributed by atoms with Gasteiger partial charge in [-0.3, -0.25) is 4.79 Å². The highest BCUT2D eigenvalue weighted by molar-refractivity contribution is 5.76. The Labute approximate surface area is 83.0 Å². The molecule has 0 aliphatic rings.